The van der Waals surface area contributed by atoms with Gasteiger partial charge in [-0.05, 0) is 0 Å². The third-order valence-corrected chi connectivity index (χ3v) is 4.24. The molecule has 8 nitrogen and oxygen atoms in total. The molecule has 0 unspecified atom stereocenters. The average molecular weight is 330 g/mol. The van der Waals surface area contributed by atoms with Crippen molar-refractivity contribution in [2.75, 3.05) is 31.1 Å². The quantitative estimate of drug-likeness (QED) is 0.760. The van der Waals surface area contributed by atoms with Crippen molar-refractivity contribution in [1.82, 2.24) is 24.0 Å². The van der Waals surface area contributed by atoms with Crippen LogP contribution in [0.5, 0.6) is 0 Å². The summed E-state index contributed by atoms with van der Waals surface area (Å²) < 4.78 is 4.44. The zero-order chi connectivity index (χ0) is 17.3. The monoisotopic (exact) mass is 330 g/mol. The van der Waals surface area contributed by atoms with Gasteiger partial charge in [-0.15, -0.1) is 13.2 Å². The topological polar surface area (TPSA) is 77.1 Å². The molecule has 0 bridgehead atoms. The Morgan fingerprint density at radius 1 is 1.12 bits per heavy atom. The molecule has 0 spiro atoms. The summed E-state index contributed by atoms with van der Waals surface area (Å²) >= 11 is 0. The molecule has 0 amide bonds. The normalized spacial score (nSPS) is 15.0. The molecule has 0 aliphatic carbocycles. The van der Waals surface area contributed by atoms with Gasteiger partial charge >= 0.3 is 5.69 Å². The van der Waals surface area contributed by atoms with E-state index in [0.29, 0.717) is 23.7 Å². The molecule has 2 aromatic heterocycles. The SMILES string of the molecule is C=CCn1c(=O)c2c(nc(N3CCNCC3)n2CC=C)n(C)c1=O. The van der Waals surface area contributed by atoms with Crippen molar-refractivity contribution in [3.05, 3.63) is 46.1 Å². The lowest BCUT2D eigenvalue weighted by atomic mass is 10.4. The molecular weight excluding hydrogens is 308 g/mol. The van der Waals surface area contributed by atoms with Gasteiger partial charge in [0, 0.05) is 46.3 Å². The van der Waals surface area contributed by atoms with E-state index in [9.17, 15) is 9.59 Å². The van der Waals surface area contributed by atoms with E-state index in [1.807, 2.05) is 4.57 Å². The van der Waals surface area contributed by atoms with Gasteiger partial charge in [-0.25, -0.2) is 4.79 Å². The van der Waals surface area contributed by atoms with Crippen molar-refractivity contribution >= 4 is 17.1 Å². The van der Waals surface area contributed by atoms with Crippen LogP contribution in [0.4, 0.5) is 5.95 Å². The van der Waals surface area contributed by atoms with E-state index in [0.717, 1.165) is 26.2 Å². The van der Waals surface area contributed by atoms with Crippen LogP contribution in [0.25, 0.3) is 11.2 Å². The lowest BCUT2D eigenvalue weighted by molar-refractivity contribution is 0.572. The van der Waals surface area contributed by atoms with Crippen molar-refractivity contribution in [2.45, 2.75) is 13.1 Å². The van der Waals surface area contributed by atoms with E-state index in [4.69, 9.17) is 0 Å². The first-order valence-corrected chi connectivity index (χ1v) is 7.97. The van der Waals surface area contributed by atoms with E-state index in [2.05, 4.69) is 28.4 Å². The molecular formula is C16H22N6O2. The molecule has 0 aromatic carbocycles. The maximum absolute atomic E-state index is 12.9. The minimum atomic E-state index is -0.387. The second-order valence-electron chi connectivity index (χ2n) is 5.77. The van der Waals surface area contributed by atoms with Gasteiger partial charge in [-0.2, -0.15) is 4.98 Å². The Morgan fingerprint density at radius 2 is 1.75 bits per heavy atom. The molecule has 3 rings (SSSR count). The Kier molecular flexibility index (Phi) is 4.39. The first-order chi connectivity index (χ1) is 11.6. The van der Waals surface area contributed by atoms with Crippen molar-refractivity contribution in [1.29, 1.82) is 0 Å². The second kappa shape index (κ2) is 6.48. The van der Waals surface area contributed by atoms with Crippen LogP contribution in [0, 0.1) is 0 Å². The van der Waals surface area contributed by atoms with Crippen molar-refractivity contribution in [3.8, 4) is 0 Å². The van der Waals surface area contributed by atoms with Crippen LogP contribution in [0.3, 0.4) is 0 Å². The van der Waals surface area contributed by atoms with Gasteiger partial charge in [-0.1, -0.05) is 12.2 Å². The largest absolute Gasteiger partial charge is 0.340 e. The Balaban J connectivity index is 2.33. The molecule has 24 heavy (non-hydrogen) atoms. The van der Waals surface area contributed by atoms with Gasteiger partial charge < -0.3 is 14.8 Å². The molecule has 128 valence electrons. The lowest BCUT2D eigenvalue weighted by Gasteiger charge is -2.28. The lowest BCUT2D eigenvalue weighted by Crippen LogP contribution is -2.44. The summed E-state index contributed by atoms with van der Waals surface area (Å²) in [5.74, 6) is 0.704. The zero-order valence-electron chi connectivity index (χ0n) is 13.9. The maximum Gasteiger partial charge on any atom is 0.332 e. The average Bonchev–Trinajstić information content (AvgIpc) is 2.98. The molecule has 1 aliphatic rings. The smallest absolute Gasteiger partial charge is 0.332 e. The highest BCUT2D eigenvalue weighted by Crippen LogP contribution is 2.20. The Morgan fingerprint density at radius 3 is 2.38 bits per heavy atom. The number of imidazole rings is 1. The molecule has 3 heterocycles. The predicted molar refractivity (Wildman–Crippen MR) is 94.7 cm³/mol. The number of hydrogen-bond donors (Lipinski definition) is 1. The van der Waals surface area contributed by atoms with Crippen LogP contribution in [-0.4, -0.2) is 44.9 Å². The minimum Gasteiger partial charge on any atom is -0.340 e. The van der Waals surface area contributed by atoms with Gasteiger partial charge in [-0.3, -0.25) is 13.9 Å². The Labute approximate surface area is 139 Å². The number of anilines is 1. The summed E-state index contributed by atoms with van der Waals surface area (Å²) in [6.45, 7) is 11.4. The third-order valence-electron chi connectivity index (χ3n) is 4.24. The number of nitrogens with zero attached hydrogens (tertiary/aromatic N) is 5. The first kappa shape index (κ1) is 16.3. The van der Waals surface area contributed by atoms with Crippen LogP contribution in [0.2, 0.25) is 0 Å². The molecule has 0 radical (unpaired) electrons. The van der Waals surface area contributed by atoms with Crippen LogP contribution in [0.1, 0.15) is 0 Å². The predicted octanol–water partition coefficient (Wildman–Crippen LogP) is -0.322. The van der Waals surface area contributed by atoms with Crippen molar-refractivity contribution in [3.63, 3.8) is 0 Å². The van der Waals surface area contributed by atoms with Gasteiger partial charge in [0.25, 0.3) is 5.56 Å². The summed E-state index contributed by atoms with van der Waals surface area (Å²) in [5, 5.41) is 3.30. The van der Waals surface area contributed by atoms with Crippen molar-refractivity contribution in [2.24, 2.45) is 7.05 Å². The molecule has 1 saturated heterocycles. The summed E-state index contributed by atoms with van der Waals surface area (Å²) in [4.78, 5) is 32.0. The van der Waals surface area contributed by atoms with Crippen molar-refractivity contribution < 1.29 is 0 Å². The van der Waals surface area contributed by atoms with Crippen LogP contribution in [-0.2, 0) is 20.1 Å². The third kappa shape index (κ3) is 2.48. The van der Waals surface area contributed by atoms with E-state index < -0.39 is 0 Å². The number of allylic oxidation sites excluding steroid dienone is 2. The summed E-state index contributed by atoms with van der Waals surface area (Å²) in [5.41, 5.74) is 0.0966. The summed E-state index contributed by atoms with van der Waals surface area (Å²) in [7, 11) is 1.64. The van der Waals surface area contributed by atoms with E-state index in [1.54, 1.807) is 19.2 Å². The number of fused-ring (bicyclic) bond motifs is 1. The first-order valence-electron chi connectivity index (χ1n) is 7.97. The highest BCUT2D eigenvalue weighted by Gasteiger charge is 2.23. The second-order valence-corrected chi connectivity index (χ2v) is 5.77. The fourth-order valence-corrected chi connectivity index (χ4v) is 3.06. The standard InChI is InChI=1S/C16H22N6O2/c1-4-8-21-12-13(18-15(21)20-10-6-17-7-11-20)19(3)16(24)22(9-5-2)14(12)23/h4-5,17H,1-2,6-11H2,3H3. The number of nitrogens with one attached hydrogen (secondary N) is 1. The fraction of sp³-hybridized carbons (Fsp3) is 0.438. The highest BCUT2D eigenvalue weighted by atomic mass is 16.2. The molecule has 8 heteroatoms. The van der Waals surface area contributed by atoms with E-state index in [-0.39, 0.29) is 17.8 Å². The van der Waals surface area contributed by atoms with Gasteiger partial charge in [0.2, 0.25) is 5.95 Å². The maximum atomic E-state index is 12.9. The van der Waals surface area contributed by atoms with Crippen LogP contribution in [0.15, 0.2) is 34.9 Å². The number of aromatic nitrogens is 4. The van der Waals surface area contributed by atoms with Gasteiger partial charge in [0.1, 0.15) is 0 Å². The Bertz CT molecular complexity index is 898. The Hall–Kier alpha value is -2.61. The summed E-state index contributed by atoms with van der Waals surface area (Å²) in [6.07, 6.45) is 3.27. The van der Waals surface area contributed by atoms with Crippen LogP contribution >= 0.6 is 0 Å². The molecule has 1 N–H and O–H groups in total. The van der Waals surface area contributed by atoms with Gasteiger partial charge in [0.05, 0.1) is 0 Å². The molecule has 0 atom stereocenters. The number of piperazine rings is 1. The summed E-state index contributed by atoms with van der Waals surface area (Å²) in [6, 6.07) is 0. The minimum absolute atomic E-state index is 0.170. The molecule has 0 saturated carbocycles. The zero-order valence-corrected chi connectivity index (χ0v) is 13.9. The molecule has 1 aliphatic heterocycles. The van der Waals surface area contributed by atoms with E-state index >= 15 is 0 Å². The number of aryl methyl sites for hydroxylation is 1. The number of hydrogen-bond acceptors (Lipinski definition) is 5. The fourth-order valence-electron chi connectivity index (χ4n) is 3.06. The number of rotatable bonds is 5. The highest BCUT2D eigenvalue weighted by molar-refractivity contribution is 5.74. The van der Waals surface area contributed by atoms with E-state index in [1.165, 1.54) is 9.13 Å². The molecule has 1 fully saturated rings. The van der Waals surface area contributed by atoms with Gasteiger partial charge in [0.15, 0.2) is 11.2 Å². The molecule has 2 aromatic rings. The van der Waals surface area contributed by atoms with Crippen LogP contribution < -0.4 is 21.5 Å².